The lowest BCUT2D eigenvalue weighted by atomic mass is 10.0. The minimum Gasteiger partial charge on any atom is -0.444 e. The fourth-order valence-electron chi connectivity index (χ4n) is 2.08. The van der Waals surface area contributed by atoms with Crippen LogP contribution in [0.4, 0.5) is 4.79 Å². The Labute approximate surface area is 104 Å². The summed E-state index contributed by atoms with van der Waals surface area (Å²) in [5, 5.41) is 12.7. The molecule has 17 heavy (non-hydrogen) atoms. The maximum atomic E-state index is 11.6. The summed E-state index contributed by atoms with van der Waals surface area (Å²) in [6.45, 7) is 7.68. The van der Waals surface area contributed by atoms with E-state index in [4.69, 9.17) is 4.74 Å². The molecule has 3 atom stereocenters. The minimum atomic E-state index is -0.493. The molecule has 1 aliphatic carbocycles. The van der Waals surface area contributed by atoms with E-state index in [1.807, 2.05) is 20.8 Å². The lowest BCUT2D eigenvalue weighted by molar-refractivity contribution is 0.0415. The Bertz CT molecular complexity index is 260. The van der Waals surface area contributed by atoms with E-state index in [1.165, 1.54) is 0 Å². The van der Waals surface area contributed by atoms with E-state index < -0.39 is 17.8 Å². The van der Waals surface area contributed by atoms with Crippen molar-refractivity contribution in [3.05, 3.63) is 0 Å². The van der Waals surface area contributed by atoms with E-state index in [0.717, 1.165) is 25.7 Å². The van der Waals surface area contributed by atoms with E-state index in [1.54, 1.807) is 0 Å². The van der Waals surface area contributed by atoms with Gasteiger partial charge < -0.3 is 15.2 Å². The predicted octanol–water partition coefficient (Wildman–Crippen LogP) is 2.45. The van der Waals surface area contributed by atoms with Crippen LogP contribution in [0, 0.1) is 5.92 Å². The van der Waals surface area contributed by atoms with Crippen molar-refractivity contribution in [2.24, 2.45) is 5.92 Å². The molecule has 0 aromatic carbocycles. The van der Waals surface area contributed by atoms with Gasteiger partial charge >= 0.3 is 6.09 Å². The van der Waals surface area contributed by atoms with Crippen molar-refractivity contribution in [1.82, 2.24) is 5.32 Å². The quantitative estimate of drug-likeness (QED) is 0.695. The van der Waals surface area contributed by atoms with Crippen LogP contribution < -0.4 is 5.32 Å². The van der Waals surface area contributed by atoms with E-state index in [0.29, 0.717) is 5.92 Å². The second kappa shape index (κ2) is 5.71. The van der Waals surface area contributed by atoms with Crippen molar-refractivity contribution in [3.8, 4) is 0 Å². The first-order chi connectivity index (χ1) is 7.78. The molecule has 100 valence electrons. The smallest absolute Gasteiger partial charge is 0.407 e. The number of carbonyl (C=O) groups is 1. The molecule has 0 bridgehead atoms. The molecule has 0 radical (unpaired) electrons. The van der Waals surface area contributed by atoms with Gasteiger partial charge in [0, 0.05) is 0 Å². The molecule has 1 saturated carbocycles. The van der Waals surface area contributed by atoms with Crippen LogP contribution in [0.25, 0.3) is 0 Å². The van der Waals surface area contributed by atoms with E-state index in [9.17, 15) is 9.90 Å². The van der Waals surface area contributed by atoms with Crippen molar-refractivity contribution in [1.29, 1.82) is 0 Å². The summed E-state index contributed by atoms with van der Waals surface area (Å²) in [6, 6.07) is -0.171. The number of aliphatic hydroxyl groups is 1. The van der Waals surface area contributed by atoms with Gasteiger partial charge in [-0.3, -0.25) is 0 Å². The molecule has 0 heterocycles. The van der Waals surface area contributed by atoms with Crippen molar-refractivity contribution < 1.29 is 14.6 Å². The number of aliphatic hydroxyl groups excluding tert-OH is 1. The molecule has 0 aliphatic heterocycles. The number of alkyl carbamates (subject to hydrolysis) is 1. The van der Waals surface area contributed by atoms with Crippen LogP contribution in [0.1, 0.15) is 53.4 Å². The third-order valence-electron chi connectivity index (χ3n) is 3.09. The molecule has 2 N–H and O–H groups in total. The highest BCUT2D eigenvalue weighted by molar-refractivity contribution is 5.68. The van der Waals surface area contributed by atoms with Crippen LogP contribution in [0.2, 0.25) is 0 Å². The van der Waals surface area contributed by atoms with Crippen molar-refractivity contribution in [3.63, 3.8) is 0 Å². The minimum absolute atomic E-state index is 0.171. The molecule has 4 nitrogen and oxygen atoms in total. The summed E-state index contributed by atoms with van der Waals surface area (Å²) in [7, 11) is 0. The Morgan fingerprint density at radius 3 is 2.41 bits per heavy atom. The molecule has 4 heteroatoms. The van der Waals surface area contributed by atoms with Gasteiger partial charge in [0.05, 0.1) is 12.1 Å². The van der Waals surface area contributed by atoms with E-state index in [2.05, 4.69) is 12.2 Å². The average Bonchev–Trinajstić information content (AvgIpc) is 2.30. The lowest BCUT2D eigenvalue weighted by Crippen LogP contribution is -2.44. The molecule has 0 aromatic rings. The van der Waals surface area contributed by atoms with Gasteiger partial charge in [-0.15, -0.1) is 0 Å². The standard InChI is InChI=1S/C13H25NO3/c1-9-5-7-10(11(15)8-6-9)14-12(16)17-13(2,3)4/h9-11,15H,5-8H2,1-4H3,(H,14,16)/t9-,10+,11+/m1/s1. The molecule has 1 fully saturated rings. The van der Waals surface area contributed by atoms with Crippen LogP contribution in [0.3, 0.4) is 0 Å². The van der Waals surface area contributed by atoms with Gasteiger partial charge in [-0.2, -0.15) is 0 Å². The predicted molar refractivity (Wildman–Crippen MR) is 66.8 cm³/mol. The maximum Gasteiger partial charge on any atom is 0.407 e. The monoisotopic (exact) mass is 243 g/mol. The average molecular weight is 243 g/mol. The topological polar surface area (TPSA) is 58.6 Å². The number of hydrogen-bond donors (Lipinski definition) is 2. The Balaban J connectivity index is 2.46. The summed E-state index contributed by atoms with van der Waals surface area (Å²) < 4.78 is 5.20. The summed E-state index contributed by atoms with van der Waals surface area (Å²) in [5.74, 6) is 0.620. The lowest BCUT2D eigenvalue weighted by Gasteiger charge is -2.25. The van der Waals surface area contributed by atoms with E-state index >= 15 is 0 Å². The largest absolute Gasteiger partial charge is 0.444 e. The fourth-order valence-corrected chi connectivity index (χ4v) is 2.08. The van der Waals surface area contributed by atoms with Crippen molar-refractivity contribution >= 4 is 6.09 Å². The Morgan fingerprint density at radius 1 is 1.24 bits per heavy atom. The molecule has 1 amide bonds. The molecular formula is C13H25NO3. The van der Waals surface area contributed by atoms with Crippen LogP contribution in [0.5, 0.6) is 0 Å². The zero-order valence-corrected chi connectivity index (χ0v) is 11.3. The molecule has 0 saturated heterocycles. The van der Waals surface area contributed by atoms with Crippen LogP contribution in [0.15, 0.2) is 0 Å². The fraction of sp³-hybridized carbons (Fsp3) is 0.923. The summed E-state index contributed by atoms with van der Waals surface area (Å²) in [4.78, 5) is 11.6. The van der Waals surface area contributed by atoms with Crippen LogP contribution >= 0.6 is 0 Å². The first-order valence-corrected chi connectivity index (χ1v) is 6.45. The zero-order valence-electron chi connectivity index (χ0n) is 11.3. The highest BCUT2D eigenvalue weighted by Gasteiger charge is 2.27. The van der Waals surface area contributed by atoms with Gasteiger partial charge in [-0.05, 0) is 52.4 Å². The second-order valence-corrected chi connectivity index (χ2v) is 6.08. The highest BCUT2D eigenvalue weighted by Crippen LogP contribution is 2.23. The number of amides is 1. The molecular weight excluding hydrogens is 218 g/mol. The van der Waals surface area contributed by atoms with Crippen molar-refractivity contribution in [2.75, 3.05) is 0 Å². The molecule has 0 unspecified atom stereocenters. The summed E-state index contributed by atoms with van der Waals surface area (Å²) >= 11 is 0. The normalized spacial score (nSPS) is 30.5. The SMILES string of the molecule is C[C@@H]1CC[C@H](NC(=O)OC(C)(C)C)[C@@H](O)CC1. The molecule has 1 aliphatic rings. The van der Waals surface area contributed by atoms with Gasteiger partial charge in [0.1, 0.15) is 5.60 Å². The summed E-state index contributed by atoms with van der Waals surface area (Å²) in [6.07, 6.45) is 2.75. The van der Waals surface area contributed by atoms with Crippen LogP contribution in [-0.2, 0) is 4.74 Å². The zero-order chi connectivity index (χ0) is 13.1. The number of ether oxygens (including phenoxy) is 1. The first-order valence-electron chi connectivity index (χ1n) is 6.45. The number of carbonyl (C=O) groups excluding carboxylic acids is 1. The number of nitrogens with one attached hydrogen (secondary N) is 1. The van der Waals surface area contributed by atoms with Gasteiger partial charge in [-0.1, -0.05) is 6.92 Å². The third-order valence-corrected chi connectivity index (χ3v) is 3.09. The Morgan fingerprint density at radius 2 is 1.82 bits per heavy atom. The van der Waals surface area contributed by atoms with Gasteiger partial charge in [0.2, 0.25) is 0 Å². The molecule has 0 aromatic heterocycles. The maximum absolute atomic E-state index is 11.6. The number of hydrogen-bond acceptors (Lipinski definition) is 3. The third kappa shape index (κ3) is 5.39. The summed E-state index contributed by atoms with van der Waals surface area (Å²) in [5.41, 5.74) is -0.493. The van der Waals surface area contributed by atoms with Gasteiger partial charge in [-0.25, -0.2) is 4.79 Å². The highest BCUT2D eigenvalue weighted by atomic mass is 16.6. The molecule has 0 spiro atoms. The van der Waals surface area contributed by atoms with Crippen LogP contribution in [-0.4, -0.2) is 28.9 Å². The molecule has 1 rings (SSSR count). The first kappa shape index (κ1) is 14.3. The number of rotatable bonds is 1. The van der Waals surface area contributed by atoms with E-state index in [-0.39, 0.29) is 6.04 Å². The van der Waals surface area contributed by atoms with Gasteiger partial charge in [0.25, 0.3) is 0 Å². The van der Waals surface area contributed by atoms with Crippen molar-refractivity contribution in [2.45, 2.75) is 71.1 Å². The Kier molecular flexibility index (Phi) is 4.80. The Hall–Kier alpha value is -0.770. The second-order valence-electron chi connectivity index (χ2n) is 6.08. The van der Waals surface area contributed by atoms with Gasteiger partial charge in [0.15, 0.2) is 0 Å².